The Balaban J connectivity index is 1.25. The molecule has 2 aromatic carbocycles. The molecule has 8 nitrogen and oxygen atoms in total. The predicted molar refractivity (Wildman–Crippen MR) is 129 cm³/mol. The number of amides is 2. The van der Waals surface area contributed by atoms with Gasteiger partial charge in [0, 0.05) is 68.2 Å². The van der Waals surface area contributed by atoms with Gasteiger partial charge in [-0.15, -0.1) is 0 Å². The smallest absolute Gasteiger partial charge is 0.274 e. The van der Waals surface area contributed by atoms with Crippen molar-refractivity contribution in [3.05, 3.63) is 77.1 Å². The molecule has 0 atom stereocenters. The number of ether oxygens (including phenoxy) is 1. The van der Waals surface area contributed by atoms with Crippen LogP contribution in [0.4, 0.5) is 5.69 Å². The summed E-state index contributed by atoms with van der Waals surface area (Å²) in [4.78, 5) is 32.4. The van der Waals surface area contributed by atoms with Crippen LogP contribution < -0.4 is 9.64 Å². The Hall–Kier alpha value is -3.81. The van der Waals surface area contributed by atoms with Crippen LogP contribution in [0.15, 0.2) is 54.6 Å². The number of anilines is 1. The van der Waals surface area contributed by atoms with Crippen LogP contribution in [-0.4, -0.2) is 71.6 Å². The number of nitrogens with one attached hydrogen (secondary N) is 1. The maximum Gasteiger partial charge on any atom is 0.274 e. The molecule has 0 saturated carbocycles. The first-order valence-electron chi connectivity index (χ1n) is 11.7. The van der Waals surface area contributed by atoms with E-state index in [-0.39, 0.29) is 18.2 Å². The van der Waals surface area contributed by atoms with Crippen molar-refractivity contribution in [3.63, 3.8) is 0 Å². The Morgan fingerprint density at radius 3 is 2.44 bits per heavy atom. The number of methoxy groups -OCH3 is 1. The third-order valence-corrected chi connectivity index (χ3v) is 6.71. The van der Waals surface area contributed by atoms with E-state index in [2.05, 4.69) is 27.2 Å². The summed E-state index contributed by atoms with van der Waals surface area (Å²) in [6, 6.07) is 17.8. The highest BCUT2D eigenvalue weighted by Gasteiger charge is 2.31. The zero-order chi connectivity index (χ0) is 23.5. The standard InChI is InChI=1S/C26H29N5O3/c1-34-23-10-6-5-7-19(23)17-24(32)31-12-11-22-21(18-31)25(28-27-22)26(33)30-15-13-29(14-16-30)20-8-3-2-4-9-20/h2-10H,11-18H2,1H3,(H,27,28). The Labute approximate surface area is 199 Å². The lowest BCUT2D eigenvalue weighted by Gasteiger charge is -2.36. The first kappa shape index (κ1) is 22.0. The molecule has 176 valence electrons. The van der Waals surface area contributed by atoms with Crippen molar-refractivity contribution in [1.29, 1.82) is 0 Å². The Kier molecular flexibility index (Phi) is 6.20. The lowest BCUT2D eigenvalue weighted by Crippen LogP contribution is -2.49. The molecule has 2 amide bonds. The number of nitrogens with zero attached hydrogens (tertiary/aromatic N) is 4. The molecule has 5 rings (SSSR count). The van der Waals surface area contributed by atoms with Crippen LogP contribution in [0.1, 0.15) is 27.3 Å². The first-order chi connectivity index (χ1) is 16.6. The van der Waals surface area contributed by atoms with E-state index >= 15 is 0 Å². The summed E-state index contributed by atoms with van der Waals surface area (Å²) in [6.07, 6.45) is 0.928. The molecule has 0 radical (unpaired) electrons. The first-order valence-corrected chi connectivity index (χ1v) is 11.7. The van der Waals surface area contributed by atoms with E-state index in [9.17, 15) is 9.59 Å². The van der Waals surface area contributed by atoms with Gasteiger partial charge < -0.3 is 19.4 Å². The third kappa shape index (κ3) is 4.35. The fourth-order valence-corrected chi connectivity index (χ4v) is 4.76. The predicted octanol–water partition coefficient (Wildman–Crippen LogP) is 2.51. The monoisotopic (exact) mass is 459 g/mol. The molecule has 34 heavy (non-hydrogen) atoms. The van der Waals surface area contributed by atoms with Gasteiger partial charge in [-0.3, -0.25) is 14.7 Å². The number of piperazine rings is 1. The van der Waals surface area contributed by atoms with Crippen LogP contribution in [-0.2, 0) is 24.2 Å². The number of carbonyl (C=O) groups excluding carboxylic acids is 2. The third-order valence-electron chi connectivity index (χ3n) is 6.71. The zero-order valence-electron chi connectivity index (χ0n) is 19.4. The molecule has 8 heteroatoms. The normalized spacial score (nSPS) is 15.7. The molecule has 1 fully saturated rings. The van der Waals surface area contributed by atoms with E-state index in [0.717, 1.165) is 29.9 Å². The molecule has 3 aromatic rings. The van der Waals surface area contributed by atoms with Crippen molar-refractivity contribution in [3.8, 4) is 5.75 Å². The van der Waals surface area contributed by atoms with Crippen molar-refractivity contribution >= 4 is 17.5 Å². The minimum absolute atomic E-state index is 0.0197. The minimum atomic E-state index is -0.0655. The number of aromatic nitrogens is 2. The lowest BCUT2D eigenvalue weighted by atomic mass is 10.0. The van der Waals surface area contributed by atoms with Crippen molar-refractivity contribution in [2.24, 2.45) is 0 Å². The van der Waals surface area contributed by atoms with E-state index in [0.29, 0.717) is 44.0 Å². The van der Waals surface area contributed by atoms with E-state index in [1.54, 1.807) is 7.11 Å². The summed E-state index contributed by atoms with van der Waals surface area (Å²) in [7, 11) is 1.61. The number of hydrogen-bond donors (Lipinski definition) is 1. The average molecular weight is 460 g/mol. The van der Waals surface area contributed by atoms with Gasteiger partial charge in [0.25, 0.3) is 5.91 Å². The van der Waals surface area contributed by atoms with Crippen LogP contribution in [0.25, 0.3) is 0 Å². The minimum Gasteiger partial charge on any atom is -0.496 e. The topological polar surface area (TPSA) is 81.8 Å². The molecule has 3 heterocycles. The molecule has 0 aliphatic carbocycles. The highest BCUT2D eigenvalue weighted by molar-refractivity contribution is 5.94. The van der Waals surface area contributed by atoms with Gasteiger partial charge >= 0.3 is 0 Å². The molecule has 0 unspecified atom stereocenters. The van der Waals surface area contributed by atoms with Gasteiger partial charge in [-0.1, -0.05) is 36.4 Å². The Morgan fingerprint density at radius 1 is 0.941 bits per heavy atom. The van der Waals surface area contributed by atoms with Crippen LogP contribution >= 0.6 is 0 Å². The van der Waals surface area contributed by atoms with Gasteiger partial charge in [0.2, 0.25) is 5.91 Å². The molecule has 0 spiro atoms. The van der Waals surface area contributed by atoms with Gasteiger partial charge in [-0.05, 0) is 18.2 Å². The molecule has 1 saturated heterocycles. The van der Waals surface area contributed by atoms with E-state index in [1.165, 1.54) is 5.69 Å². The summed E-state index contributed by atoms with van der Waals surface area (Å²) in [5.41, 5.74) is 4.28. The Morgan fingerprint density at radius 2 is 1.68 bits per heavy atom. The number of carbonyl (C=O) groups is 2. The van der Waals surface area contributed by atoms with Gasteiger partial charge in [0.1, 0.15) is 5.75 Å². The number of benzene rings is 2. The van der Waals surface area contributed by atoms with Crippen LogP contribution in [0.2, 0.25) is 0 Å². The zero-order valence-corrected chi connectivity index (χ0v) is 19.4. The fourth-order valence-electron chi connectivity index (χ4n) is 4.76. The quantitative estimate of drug-likeness (QED) is 0.634. The van der Waals surface area contributed by atoms with E-state index in [4.69, 9.17) is 4.74 Å². The molecule has 1 aromatic heterocycles. The SMILES string of the molecule is COc1ccccc1CC(=O)N1CCc2[nH]nc(C(=O)N3CCN(c4ccccc4)CC3)c2C1. The second kappa shape index (κ2) is 9.59. The molecule has 0 bridgehead atoms. The van der Waals surface area contributed by atoms with Crippen LogP contribution in [0, 0.1) is 0 Å². The maximum atomic E-state index is 13.3. The van der Waals surface area contributed by atoms with Crippen LogP contribution in [0.5, 0.6) is 5.75 Å². The molecule has 2 aliphatic rings. The largest absolute Gasteiger partial charge is 0.496 e. The number of aromatic amines is 1. The molecule has 2 aliphatic heterocycles. The van der Waals surface area contributed by atoms with Crippen molar-refractivity contribution in [1.82, 2.24) is 20.0 Å². The number of rotatable bonds is 5. The summed E-state index contributed by atoms with van der Waals surface area (Å²) in [5, 5.41) is 7.41. The molecular formula is C26H29N5O3. The number of H-pyrrole nitrogens is 1. The second-order valence-corrected chi connectivity index (χ2v) is 8.70. The summed E-state index contributed by atoms with van der Waals surface area (Å²) in [5.74, 6) is 0.665. The number of para-hydroxylation sites is 2. The fraction of sp³-hybridized carbons (Fsp3) is 0.346. The van der Waals surface area contributed by atoms with Gasteiger partial charge in [0.15, 0.2) is 5.69 Å². The van der Waals surface area contributed by atoms with Crippen molar-refractivity contribution in [2.45, 2.75) is 19.4 Å². The van der Waals surface area contributed by atoms with E-state index in [1.807, 2.05) is 52.3 Å². The molecule has 1 N–H and O–H groups in total. The van der Waals surface area contributed by atoms with Crippen molar-refractivity contribution < 1.29 is 14.3 Å². The van der Waals surface area contributed by atoms with E-state index < -0.39 is 0 Å². The molecular weight excluding hydrogens is 430 g/mol. The van der Waals surface area contributed by atoms with Gasteiger partial charge in [-0.2, -0.15) is 5.10 Å². The summed E-state index contributed by atoms with van der Waals surface area (Å²) < 4.78 is 5.39. The highest BCUT2D eigenvalue weighted by atomic mass is 16.5. The maximum absolute atomic E-state index is 13.3. The van der Waals surface area contributed by atoms with Gasteiger partial charge in [-0.25, -0.2) is 0 Å². The van der Waals surface area contributed by atoms with Gasteiger partial charge in [0.05, 0.1) is 13.5 Å². The average Bonchev–Trinajstić information content (AvgIpc) is 3.32. The van der Waals surface area contributed by atoms with Crippen LogP contribution in [0.3, 0.4) is 0 Å². The highest BCUT2D eigenvalue weighted by Crippen LogP contribution is 2.25. The second-order valence-electron chi connectivity index (χ2n) is 8.70. The lowest BCUT2D eigenvalue weighted by molar-refractivity contribution is -0.131. The summed E-state index contributed by atoms with van der Waals surface area (Å²) >= 11 is 0. The number of hydrogen-bond acceptors (Lipinski definition) is 5. The summed E-state index contributed by atoms with van der Waals surface area (Å²) in [6.45, 7) is 3.85. The Bertz CT molecular complexity index is 1170. The number of fused-ring (bicyclic) bond motifs is 1. The van der Waals surface area contributed by atoms with Crippen molar-refractivity contribution in [2.75, 3.05) is 44.7 Å².